The van der Waals surface area contributed by atoms with Crippen molar-refractivity contribution in [1.29, 1.82) is 0 Å². The highest BCUT2D eigenvalue weighted by Gasteiger charge is 2.20. The normalized spacial score (nSPS) is 11.7. The van der Waals surface area contributed by atoms with E-state index >= 15 is 0 Å². The van der Waals surface area contributed by atoms with Crippen LogP contribution in [-0.4, -0.2) is 31.2 Å². The van der Waals surface area contributed by atoms with Crippen molar-refractivity contribution in [1.82, 2.24) is 0 Å². The highest BCUT2D eigenvalue weighted by atomic mass is 79.9. The number of nitrogens with zero attached hydrogens (tertiary/aromatic N) is 1. The van der Waals surface area contributed by atoms with Crippen LogP contribution in [0.4, 0.5) is 0 Å². The lowest BCUT2D eigenvalue weighted by Crippen LogP contribution is -3.00. The number of hydrogen-bond donors (Lipinski definition) is 0. The fraction of sp³-hybridized carbons (Fsp3) is 1.00. The average molecular weight is 617 g/mol. The van der Waals surface area contributed by atoms with Crippen molar-refractivity contribution in [3.8, 4) is 0 Å². The van der Waals surface area contributed by atoms with Gasteiger partial charge in [-0.25, -0.2) is 0 Å². The summed E-state index contributed by atoms with van der Waals surface area (Å²) in [7, 11) is 2.61. The fourth-order valence-electron chi connectivity index (χ4n) is 6.28. The summed E-state index contributed by atoms with van der Waals surface area (Å²) < 4.78 is 1.37. The predicted octanol–water partition coefficient (Wildman–Crippen LogP) is 10.2. The van der Waals surface area contributed by atoms with Crippen molar-refractivity contribution in [2.24, 2.45) is 0 Å². The molecule has 0 aromatic heterocycles. The second-order valence-electron chi connectivity index (χ2n) is 13.3. The van der Waals surface area contributed by atoms with Gasteiger partial charge >= 0.3 is 0 Å². The topological polar surface area (TPSA) is 0 Å². The molecule has 0 bridgehead atoms. The largest absolute Gasteiger partial charge is 1.00 e. The van der Waals surface area contributed by atoms with E-state index in [9.17, 15) is 0 Å². The Hall–Kier alpha value is 0.440. The van der Waals surface area contributed by atoms with Gasteiger partial charge in [-0.15, -0.1) is 0 Å². The van der Waals surface area contributed by atoms with Crippen molar-refractivity contribution in [3.05, 3.63) is 0 Å². The van der Waals surface area contributed by atoms with E-state index in [0.717, 1.165) is 0 Å². The highest BCUT2D eigenvalue weighted by Crippen LogP contribution is 2.18. The van der Waals surface area contributed by atoms with Crippen LogP contribution in [0, 0.1) is 0 Å². The summed E-state index contributed by atoms with van der Waals surface area (Å²) in [6.45, 7) is 11.3. The van der Waals surface area contributed by atoms with Crippen LogP contribution in [0.15, 0.2) is 0 Å². The van der Waals surface area contributed by atoms with Gasteiger partial charge in [-0.1, -0.05) is 175 Å². The SMILES string of the molecule is CCCCCCCCCCCC[N+](C)(CCCCCCCCCCCC)CCCCCCCCCCCC.[Br-]. The molecule has 0 saturated carbocycles. The van der Waals surface area contributed by atoms with Crippen molar-refractivity contribution in [2.45, 2.75) is 213 Å². The lowest BCUT2D eigenvalue weighted by molar-refractivity contribution is -0.910. The maximum atomic E-state index is 2.61. The lowest BCUT2D eigenvalue weighted by atomic mass is 10.0. The Kier molecular flexibility index (Phi) is 36.9. The molecule has 39 heavy (non-hydrogen) atoms. The molecule has 0 aliphatic carbocycles. The van der Waals surface area contributed by atoms with Gasteiger partial charge in [0.2, 0.25) is 0 Å². The fourth-order valence-corrected chi connectivity index (χ4v) is 6.28. The number of halogens is 1. The van der Waals surface area contributed by atoms with Gasteiger partial charge in [0.15, 0.2) is 0 Å². The zero-order chi connectivity index (χ0) is 27.8. The van der Waals surface area contributed by atoms with E-state index in [0.29, 0.717) is 0 Å². The molecule has 1 nitrogen and oxygen atoms in total. The summed E-state index contributed by atoms with van der Waals surface area (Å²) >= 11 is 0. The second kappa shape index (κ2) is 34.6. The van der Waals surface area contributed by atoms with Gasteiger partial charge in [-0.3, -0.25) is 0 Å². The van der Waals surface area contributed by atoms with Gasteiger partial charge in [-0.2, -0.15) is 0 Å². The Morgan fingerprint density at radius 3 is 0.590 bits per heavy atom. The van der Waals surface area contributed by atoms with Gasteiger partial charge < -0.3 is 21.5 Å². The van der Waals surface area contributed by atoms with E-state index in [1.807, 2.05) is 0 Å². The molecule has 0 radical (unpaired) electrons. The van der Waals surface area contributed by atoms with E-state index in [1.54, 1.807) is 0 Å². The summed E-state index contributed by atoms with van der Waals surface area (Å²) in [5, 5.41) is 0. The molecule has 0 saturated heterocycles. The summed E-state index contributed by atoms with van der Waals surface area (Å²) in [6, 6.07) is 0. The molecule has 0 aliphatic rings. The Morgan fingerprint density at radius 1 is 0.256 bits per heavy atom. The van der Waals surface area contributed by atoms with Crippen LogP contribution >= 0.6 is 0 Å². The van der Waals surface area contributed by atoms with Gasteiger partial charge in [0.05, 0.1) is 26.7 Å². The number of rotatable bonds is 33. The number of unbranched alkanes of at least 4 members (excludes halogenated alkanes) is 27. The van der Waals surface area contributed by atoms with Crippen LogP contribution in [0.2, 0.25) is 0 Å². The summed E-state index contributed by atoms with van der Waals surface area (Å²) in [5.74, 6) is 0. The van der Waals surface area contributed by atoms with Crippen LogP contribution in [0.25, 0.3) is 0 Å². The minimum Gasteiger partial charge on any atom is -1.00 e. The molecule has 2 heteroatoms. The zero-order valence-corrected chi connectivity index (χ0v) is 29.7. The average Bonchev–Trinajstić information content (AvgIpc) is 2.92. The minimum atomic E-state index is 0. The number of hydrogen-bond acceptors (Lipinski definition) is 0. The third kappa shape index (κ3) is 32.8. The van der Waals surface area contributed by atoms with Crippen molar-refractivity contribution in [2.75, 3.05) is 26.7 Å². The molecule has 0 aromatic carbocycles. The summed E-state index contributed by atoms with van der Waals surface area (Å²) in [4.78, 5) is 0. The third-order valence-corrected chi connectivity index (χ3v) is 9.15. The predicted molar refractivity (Wildman–Crippen MR) is 176 cm³/mol. The van der Waals surface area contributed by atoms with E-state index in [2.05, 4.69) is 27.8 Å². The first-order chi connectivity index (χ1) is 18.7. The molecule has 0 aromatic rings. The first-order valence-corrected chi connectivity index (χ1v) is 18.5. The van der Waals surface area contributed by atoms with Crippen LogP contribution in [-0.2, 0) is 0 Å². The lowest BCUT2D eigenvalue weighted by Gasteiger charge is -2.35. The third-order valence-electron chi connectivity index (χ3n) is 9.15. The Labute approximate surface area is 260 Å². The molecular weight excluding hydrogens is 538 g/mol. The Balaban J connectivity index is 0. The monoisotopic (exact) mass is 616 g/mol. The van der Waals surface area contributed by atoms with Gasteiger partial charge in [0.1, 0.15) is 0 Å². The van der Waals surface area contributed by atoms with Crippen LogP contribution in [0.5, 0.6) is 0 Å². The molecule has 0 rings (SSSR count). The maximum Gasteiger partial charge on any atom is 0.0784 e. The van der Waals surface area contributed by atoms with E-state index in [1.165, 1.54) is 217 Å². The molecule has 0 heterocycles. The van der Waals surface area contributed by atoms with Crippen LogP contribution in [0.3, 0.4) is 0 Å². The zero-order valence-electron chi connectivity index (χ0n) is 28.2. The standard InChI is InChI=1S/C37H78N.BrH/c1-5-8-11-14-17-20-23-26-29-32-35-38(4,36-33-30-27-24-21-18-15-12-9-6-2)37-34-31-28-25-22-19-16-13-10-7-3;/h5-37H2,1-4H3;1H/q+1;/p-1. The Morgan fingerprint density at radius 2 is 0.410 bits per heavy atom. The molecule has 238 valence electrons. The highest BCUT2D eigenvalue weighted by molar-refractivity contribution is 4.53. The molecule has 0 unspecified atom stereocenters. The first-order valence-electron chi connectivity index (χ1n) is 18.5. The molecular formula is C37H78BrN. The van der Waals surface area contributed by atoms with Gasteiger partial charge in [0.25, 0.3) is 0 Å². The molecule has 0 aliphatic heterocycles. The van der Waals surface area contributed by atoms with Crippen molar-refractivity contribution < 1.29 is 21.5 Å². The molecule has 0 amide bonds. The van der Waals surface area contributed by atoms with Crippen molar-refractivity contribution >= 4 is 0 Å². The first kappa shape index (κ1) is 41.6. The maximum absolute atomic E-state index is 2.61. The van der Waals surface area contributed by atoms with Crippen LogP contribution in [0.1, 0.15) is 213 Å². The molecule has 0 N–H and O–H groups in total. The van der Waals surface area contributed by atoms with Gasteiger partial charge in [-0.05, 0) is 38.5 Å². The van der Waals surface area contributed by atoms with Crippen molar-refractivity contribution in [3.63, 3.8) is 0 Å². The molecule has 0 spiro atoms. The van der Waals surface area contributed by atoms with Gasteiger partial charge in [0, 0.05) is 0 Å². The summed E-state index contributed by atoms with van der Waals surface area (Å²) in [5.41, 5.74) is 0. The van der Waals surface area contributed by atoms with E-state index < -0.39 is 0 Å². The van der Waals surface area contributed by atoms with Crippen LogP contribution < -0.4 is 17.0 Å². The quantitative estimate of drug-likeness (QED) is 0.0508. The summed E-state index contributed by atoms with van der Waals surface area (Å²) in [6.07, 6.45) is 43.8. The minimum absolute atomic E-state index is 0. The van der Waals surface area contributed by atoms with E-state index in [-0.39, 0.29) is 17.0 Å². The molecule has 0 atom stereocenters. The number of quaternary nitrogens is 1. The van der Waals surface area contributed by atoms with E-state index in [4.69, 9.17) is 0 Å². The Bertz CT molecular complexity index is 364. The smallest absolute Gasteiger partial charge is 0.0784 e. The second-order valence-corrected chi connectivity index (χ2v) is 13.3. The molecule has 0 fully saturated rings.